The van der Waals surface area contributed by atoms with Crippen LogP contribution in [0.15, 0.2) is 104 Å². The lowest BCUT2D eigenvalue weighted by Gasteiger charge is -2.37. The summed E-state index contributed by atoms with van der Waals surface area (Å²) in [5, 5.41) is 4.14. The highest BCUT2D eigenvalue weighted by atomic mass is 19.1. The average Bonchev–Trinajstić information content (AvgIpc) is 3.97. The molecule has 5 aromatic rings. The Bertz CT molecular complexity index is 2110. The van der Waals surface area contributed by atoms with E-state index in [-0.39, 0.29) is 43.4 Å². The molecule has 4 aromatic carbocycles. The van der Waals surface area contributed by atoms with Gasteiger partial charge in [-0.25, -0.2) is 23.2 Å². The smallest absolute Gasteiger partial charge is 0.325 e. The maximum absolute atomic E-state index is 15.0. The maximum atomic E-state index is 15.0. The monoisotopic (exact) mass is 765 g/mol. The third-order valence-electron chi connectivity index (χ3n) is 10.8. The number of hydrogen-bond acceptors (Lipinski definition) is 9. The highest BCUT2D eigenvalue weighted by Gasteiger charge is 2.46. The minimum atomic E-state index is -1.24. The summed E-state index contributed by atoms with van der Waals surface area (Å²) in [6.07, 6.45) is 2.10. The first kappa shape index (κ1) is 37.2. The van der Waals surface area contributed by atoms with Crippen molar-refractivity contribution in [3.8, 4) is 11.5 Å². The van der Waals surface area contributed by atoms with Crippen LogP contribution in [0.5, 0.6) is 11.5 Å². The second-order valence-electron chi connectivity index (χ2n) is 14.5. The fraction of sp³-hybridized carbons (Fsp3) is 0.357. The average molecular weight is 766 g/mol. The zero-order chi connectivity index (χ0) is 38.8. The zero-order valence-electron chi connectivity index (χ0n) is 31.6. The first-order valence-electron chi connectivity index (χ1n) is 18.8. The Morgan fingerprint density at radius 3 is 2.21 bits per heavy atom. The molecule has 0 bridgehead atoms. The van der Waals surface area contributed by atoms with Gasteiger partial charge < -0.3 is 33.6 Å². The molecule has 12 nitrogen and oxygen atoms in total. The lowest BCUT2D eigenvalue weighted by molar-refractivity contribution is -0.117. The van der Waals surface area contributed by atoms with E-state index in [0.29, 0.717) is 12.3 Å². The lowest BCUT2D eigenvalue weighted by atomic mass is 9.94. The number of hydrogen-bond donors (Lipinski definition) is 0. The summed E-state index contributed by atoms with van der Waals surface area (Å²) in [5.74, 6) is 0.0297. The number of benzene rings is 4. The number of para-hydroxylation sites is 1. The van der Waals surface area contributed by atoms with E-state index >= 15 is 0 Å². The Kier molecular flexibility index (Phi) is 10.5. The summed E-state index contributed by atoms with van der Waals surface area (Å²) in [6, 6.07) is 27.4. The molecule has 3 aliphatic heterocycles. The Labute approximate surface area is 324 Å². The summed E-state index contributed by atoms with van der Waals surface area (Å²) in [7, 11) is 1.67. The van der Waals surface area contributed by atoms with Crippen molar-refractivity contribution in [2.24, 2.45) is 0 Å². The molecule has 3 fully saturated rings. The van der Waals surface area contributed by atoms with Gasteiger partial charge in [0.05, 0.1) is 32.8 Å². The number of urea groups is 1. The summed E-state index contributed by atoms with van der Waals surface area (Å²) in [4.78, 5) is 26.2. The number of amides is 2. The van der Waals surface area contributed by atoms with Gasteiger partial charge in [-0.15, -0.1) is 0 Å². The number of carbonyl (C=O) groups is 1. The molecule has 3 aliphatic rings. The molecular weight excluding hydrogens is 721 g/mol. The van der Waals surface area contributed by atoms with Crippen molar-refractivity contribution >= 4 is 23.1 Å². The van der Waals surface area contributed by atoms with Crippen molar-refractivity contribution in [3.63, 3.8) is 0 Å². The fourth-order valence-corrected chi connectivity index (χ4v) is 7.96. The largest absolute Gasteiger partial charge is 0.496 e. The number of methoxy groups -OCH3 is 1. The number of rotatable bonds is 12. The molecule has 0 radical (unpaired) electrons. The van der Waals surface area contributed by atoms with Crippen LogP contribution in [0.1, 0.15) is 31.0 Å². The van der Waals surface area contributed by atoms with E-state index in [0.717, 1.165) is 60.6 Å². The predicted octanol–water partition coefficient (Wildman–Crippen LogP) is 6.63. The SMILES string of the molecule is COc1ccccc1[C@H]1CN(c2ccc(N3CCN(c4ccc(OC[C@H]5OC[C@](Cn6cncn6)(c6ccc(F)cc6F)O5)cc4)CC3)cc2)C(=O)N1C(C)C. The minimum absolute atomic E-state index is 0.00570. The maximum Gasteiger partial charge on any atom is 0.325 e. The van der Waals surface area contributed by atoms with E-state index in [9.17, 15) is 13.6 Å². The van der Waals surface area contributed by atoms with Gasteiger partial charge in [0.1, 0.15) is 48.0 Å². The van der Waals surface area contributed by atoms with Gasteiger partial charge in [0.2, 0.25) is 0 Å². The molecule has 3 saturated heterocycles. The van der Waals surface area contributed by atoms with Gasteiger partial charge >= 0.3 is 6.03 Å². The molecule has 3 atom stereocenters. The molecule has 56 heavy (non-hydrogen) atoms. The van der Waals surface area contributed by atoms with Crippen molar-refractivity contribution < 1.29 is 32.5 Å². The molecule has 0 spiro atoms. The lowest BCUT2D eigenvalue weighted by Crippen LogP contribution is -2.46. The molecule has 1 aromatic heterocycles. The number of halogens is 2. The van der Waals surface area contributed by atoms with Crippen LogP contribution in [-0.2, 0) is 21.6 Å². The Morgan fingerprint density at radius 1 is 0.893 bits per heavy atom. The Morgan fingerprint density at radius 2 is 1.57 bits per heavy atom. The van der Waals surface area contributed by atoms with Crippen LogP contribution in [0, 0.1) is 11.6 Å². The molecular formula is C42H45F2N7O5. The molecule has 0 aliphatic carbocycles. The number of anilines is 3. The number of aromatic nitrogens is 3. The van der Waals surface area contributed by atoms with Gasteiger partial charge in [-0.1, -0.05) is 24.3 Å². The quantitative estimate of drug-likeness (QED) is 0.139. The van der Waals surface area contributed by atoms with Crippen LogP contribution in [0.2, 0.25) is 0 Å². The molecule has 8 rings (SSSR count). The van der Waals surface area contributed by atoms with E-state index in [1.54, 1.807) is 7.11 Å². The zero-order valence-corrected chi connectivity index (χ0v) is 31.6. The first-order chi connectivity index (χ1) is 27.2. The van der Waals surface area contributed by atoms with E-state index in [2.05, 4.69) is 32.0 Å². The number of nitrogens with zero attached hydrogens (tertiary/aromatic N) is 7. The predicted molar refractivity (Wildman–Crippen MR) is 207 cm³/mol. The highest BCUT2D eigenvalue weighted by Crippen LogP contribution is 2.40. The first-order valence-corrected chi connectivity index (χ1v) is 18.8. The van der Waals surface area contributed by atoms with E-state index in [1.165, 1.54) is 29.5 Å². The van der Waals surface area contributed by atoms with Gasteiger partial charge in [0, 0.05) is 66.5 Å². The third kappa shape index (κ3) is 7.46. The summed E-state index contributed by atoms with van der Waals surface area (Å²) in [5.41, 5.74) is 3.03. The van der Waals surface area contributed by atoms with Crippen molar-refractivity contribution in [3.05, 3.63) is 126 Å². The minimum Gasteiger partial charge on any atom is -0.496 e. The van der Waals surface area contributed by atoms with Crippen LogP contribution in [-0.4, -0.2) is 91.1 Å². The van der Waals surface area contributed by atoms with E-state index in [4.69, 9.17) is 18.9 Å². The molecule has 2 amide bonds. The number of piperazine rings is 1. The second kappa shape index (κ2) is 15.8. The number of carbonyl (C=O) groups excluding carboxylic acids is 1. The molecule has 0 unspecified atom stereocenters. The van der Waals surface area contributed by atoms with Crippen LogP contribution in [0.3, 0.4) is 0 Å². The fourth-order valence-electron chi connectivity index (χ4n) is 7.96. The Hall–Kier alpha value is -5.73. The van der Waals surface area contributed by atoms with Gasteiger partial charge in [-0.3, -0.25) is 4.90 Å². The van der Waals surface area contributed by atoms with E-state index < -0.39 is 23.5 Å². The van der Waals surface area contributed by atoms with Crippen LogP contribution in [0.25, 0.3) is 0 Å². The van der Waals surface area contributed by atoms with E-state index in [1.807, 2.05) is 84.3 Å². The topological polar surface area (TPSA) is 97.7 Å². The molecule has 0 N–H and O–H groups in total. The van der Waals surface area contributed by atoms with Crippen molar-refractivity contribution in [2.45, 2.75) is 44.4 Å². The van der Waals surface area contributed by atoms with Crippen molar-refractivity contribution in [1.82, 2.24) is 19.7 Å². The van der Waals surface area contributed by atoms with Crippen molar-refractivity contribution in [1.29, 1.82) is 0 Å². The van der Waals surface area contributed by atoms with Gasteiger partial charge in [-0.05, 0) is 74.5 Å². The number of ether oxygens (including phenoxy) is 4. The van der Waals surface area contributed by atoms with Crippen LogP contribution < -0.4 is 24.2 Å². The molecule has 14 heteroatoms. The second-order valence-corrected chi connectivity index (χ2v) is 14.5. The Balaban J connectivity index is 0.849. The van der Waals surface area contributed by atoms with Gasteiger partial charge in [0.15, 0.2) is 6.29 Å². The summed E-state index contributed by atoms with van der Waals surface area (Å²) < 4.78 is 54.1. The standard InChI is InChI=1S/C42H45F2N7O5/c1-29(2)51-38(35-6-4-5-7-39(35)53-3)23-50(41(51)52)33-11-9-31(10-12-33)47-18-20-48(21-19-47)32-13-15-34(16-14-32)54-24-40-55-26-42(56-40,25-49-28-45-27-46-49)36-17-8-30(43)22-37(36)44/h4-17,22,27-29,38,40H,18-21,23-26H2,1-3H3/t38-,40+,42-/m1/s1. The van der Waals surface area contributed by atoms with Crippen molar-refractivity contribution in [2.75, 3.05) is 67.7 Å². The van der Waals surface area contributed by atoms with Gasteiger partial charge in [-0.2, -0.15) is 5.10 Å². The molecule has 4 heterocycles. The van der Waals surface area contributed by atoms with Gasteiger partial charge in [0.25, 0.3) is 0 Å². The third-order valence-corrected chi connectivity index (χ3v) is 10.8. The van der Waals surface area contributed by atoms with Crippen LogP contribution >= 0.6 is 0 Å². The van der Waals surface area contributed by atoms with Crippen LogP contribution in [0.4, 0.5) is 30.6 Å². The summed E-state index contributed by atoms with van der Waals surface area (Å²) >= 11 is 0. The summed E-state index contributed by atoms with van der Waals surface area (Å²) in [6.45, 7) is 8.24. The molecule has 292 valence electrons. The normalized spacial score (nSPS) is 21.4. The molecule has 0 saturated carbocycles. The highest BCUT2D eigenvalue weighted by molar-refractivity contribution is 5.95.